The normalized spacial score (nSPS) is 17.0. The Morgan fingerprint density at radius 1 is 0.404 bits per heavy atom. The van der Waals surface area contributed by atoms with Gasteiger partial charge in [0.1, 0.15) is 66.9 Å². The SMILES string of the molecule is C=CC(=O)N1[C@H](C)CN(c2c(C#N)c(=O)n(-c3c(C)cc(/C=C\C(=O)N4[C@H](C)CN(c5c(C#N)c(=O)n(-c6c(C)cc(/C=C\C(=O)N7[C@H](C)CN(c8c(C#N)c(=O)n(-c9c(C)ccnc9C(C)C)c9nc(-c%10c(F)c(F)c(Cl)c(O)c%10Cl)c(Cl)cc89)C[C@@H]7C)nc6C(C)C)c6nc(-c7c(F)c(F)c(Cl)c(O)c7Cl)c(Cl)cc56)C[C@@H]4C)nc3C(C)C)c3nc(-c4c(F)c(F)c(Cl)c(O)c4Cl)c(Cl)cc23)C[C@@H]1C. The van der Waals surface area contributed by atoms with Crippen molar-refractivity contribution in [1.82, 2.24) is 58.3 Å². The number of phenolic OH excluding ortho intramolecular Hbond substituents is 3. The van der Waals surface area contributed by atoms with Gasteiger partial charge in [-0.25, -0.2) is 41.3 Å². The summed E-state index contributed by atoms with van der Waals surface area (Å²) >= 11 is 58.7. The largest absolute Gasteiger partial charge is 0.505 e. The van der Waals surface area contributed by atoms with Crippen LogP contribution in [0.15, 0.2) is 81.8 Å². The number of aromatic nitrogens is 9. The molecule has 0 saturated carbocycles. The quantitative estimate of drug-likeness (QED) is 0.0330. The van der Waals surface area contributed by atoms with Crippen molar-refractivity contribution in [2.24, 2.45) is 0 Å². The summed E-state index contributed by atoms with van der Waals surface area (Å²) in [7, 11) is 0. The maximum atomic E-state index is 16.6. The van der Waals surface area contributed by atoms with E-state index in [4.69, 9.17) is 129 Å². The maximum Gasteiger partial charge on any atom is 0.276 e. The summed E-state index contributed by atoms with van der Waals surface area (Å²) in [6.07, 6.45) is 8.13. The van der Waals surface area contributed by atoms with Gasteiger partial charge in [-0.05, 0) is 151 Å². The molecule has 3 saturated heterocycles. The highest BCUT2D eigenvalue weighted by Crippen LogP contribution is 2.52. The van der Waals surface area contributed by atoms with Crippen molar-refractivity contribution in [2.75, 3.05) is 54.0 Å². The Hall–Kier alpha value is -12.7. The van der Waals surface area contributed by atoms with Crippen molar-refractivity contribution in [3.05, 3.63) is 240 Å². The highest BCUT2D eigenvalue weighted by Gasteiger charge is 2.43. The van der Waals surface area contributed by atoms with Gasteiger partial charge in [-0.15, -0.1) is 0 Å². The molecule has 3 aliphatic rings. The van der Waals surface area contributed by atoms with E-state index in [1.54, 1.807) is 138 Å². The number of amides is 3. The lowest BCUT2D eigenvalue weighted by Crippen LogP contribution is -2.58. The molecule has 0 bridgehead atoms. The Balaban J connectivity index is 0.771. The molecule has 141 heavy (non-hydrogen) atoms. The fourth-order valence-electron chi connectivity index (χ4n) is 19.4. The van der Waals surface area contributed by atoms with Gasteiger partial charge >= 0.3 is 0 Å². The van der Waals surface area contributed by atoms with Gasteiger partial charge < -0.3 is 44.7 Å². The van der Waals surface area contributed by atoms with Crippen molar-refractivity contribution < 1.29 is 56.0 Å². The van der Waals surface area contributed by atoms with Gasteiger partial charge in [-0.2, -0.15) is 15.8 Å². The Morgan fingerprint density at radius 3 is 0.936 bits per heavy atom. The number of rotatable bonds is 17. The molecule has 0 aliphatic carbocycles. The van der Waals surface area contributed by atoms with Crippen LogP contribution in [-0.4, -0.2) is 167 Å². The summed E-state index contributed by atoms with van der Waals surface area (Å²) in [6.45, 7) is 29.5. The van der Waals surface area contributed by atoms with Crippen LogP contribution >= 0.6 is 104 Å². The fourth-order valence-corrected chi connectivity index (χ4v) is 21.6. The minimum absolute atomic E-state index is 0.0226. The fraction of sp³-hybridized carbons (Fsp3) is 0.303. The van der Waals surface area contributed by atoms with Gasteiger partial charge in [0.15, 0.2) is 52.2 Å². The van der Waals surface area contributed by atoms with Gasteiger partial charge in [0, 0.05) is 110 Å². The average Bonchev–Trinajstić information content (AvgIpc) is 0.725. The highest BCUT2D eigenvalue weighted by atomic mass is 35.5. The number of halogens is 15. The molecule has 0 unspecified atom stereocenters. The molecule has 0 spiro atoms. The number of phenols is 3. The van der Waals surface area contributed by atoms with Crippen LogP contribution in [0.1, 0.15) is 163 Å². The molecule has 15 rings (SSSR count). The molecule has 3 fully saturated rings. The molecule has 728 valence electrons. The van der Waals surface area contributed by atoms with E-state index in [1.165, 1.54) is 54.8 Å². The molecule has 12 aromatic rings. The molecule has 3 N–H and O–H groups in total. The number of carbonyl (C=O) groups excluding carboxylic acids is 3. The molecule has 0 radical (unpaired) electrons. The third kappa shape index (κ3) is 17.4. The summed E-state index contributed by atoms with van der Waals surface area (Å²) in [5, 5.41) is 60.0. The van der Waals surface area contributed by atoms with E-state index >= 15 is 45.5 Å². The first-order valence-electron chi connectivity index (χ1n) is 43.9. The molecule has 3 amide bonds. The second-order valence-corrected chi connectivity index (χ2v) is 39.4. The summed E-state index contributed by atoms with van der Waals surface area (Å²) < 4.78 is 99.3. The van der Waals surface area contributed by atoms with E-state index in [1.807, 2.05) is 13.8 Å². The summed E-state index contributed by atoms with van der Waals surface area (Å²) in [6, 6.07) is 10.8. The minimum Gasteiger partial charge on any atom is -0.505 e. The van der Waals surface area contributed by atoms with Gasteiger partial charge in [0.25, 0.3) is 16.7 Å². The number of carbonyl (C=O) groups is 3. The second kappa shape index (κ2) is 39.3. The van der Waals surface area contributed by atoms with Crippen LogP contribution in [0.25, 0.3) is 96.1 Å². The van der Waals surface area contributed by atoms with Crippen LogP contribution in [-0.2, 0) is 14.4 Å². The average molecular weight is 2100 g/mol. The Labute approximate surface area is 847 Å². The predicted octanol–water partition coefficient (Wildman–Crippen LogP) is 21.6. The van der Waals surface area contributed by atoms with E-state index in [0.29, 0.717) is 16.8 Å². The summed E-state index contributed by atoms with van der Waals surface area (Å²) in [5.41, 5.74) is -6.41. The number of aryl methyl sites for hydroxylation is 3. The predicted molar refractivity (Wildman–Crippen MR) is 534 cm³/mol. The van der Waals surface area contributed by atoms with E-state index in [0.717, 1.165) is 13.7 Å². The molecule has 6 atom stereocenters. The van der Waals surface area contributed by atoms with Crippen molar-refractivity contribution in [1.29, 1.82) is 15.8 Å². The minimum atomic E-state index is -1.73. The zero-order valence-electron chi connectivity index (χ0n) is 77.6. The zero-order valence-corrected chi connectivity index (χ0v) is 84.4. The number of anilines is 3. The smallest absolute Gasteiger partial charge is 0.276 e. The van der Waals surface area contributed by atoms with Crippen molar-refractivity contribution in [2.45, 2.75) is 158 Å². The number of nitriles is 3. The number of piperazine rings is 3. The van der Waals surface area contributed by atoms with Crippen LogP contribution in [0.3, 0.4) is 0 Å². The first-order valence-corrected chi connectivity index (χ1v) is 47.3. The first-order chi connectivity index (χ1) is 66.5. The number of pyridine rings is 9. The zero-order chi connectivity index (χ0) is 103. The summed E-state index contributed by atoms with van der Waals surface area (Å²) in [5.74, 6) is -16.2. The van der Waals surface area contributed by atoms with Gasteiger partial charge in [0.2, 0.25) is 17.7 Å². The van der Waals surface area contributed by atoms with Gasteiger partial charge in [-0.1, -0.05) is 153 Å². The van der Waals surface area contributed by atoms with Crippen LogP contribution in [0.5, 0.6) is 17.2 Å². The Bertz CT molecular complexity index is 7770. The lowest BCUT2D eigenvalue weighted by atomic mass is 10.00. The molecule has 12 heterocycles. The number of hydrogen-bond acceptors (Lipinski definition) is 21. The molecule has 3 aliphatic heterocycles. The number of aromatic hydroxyl groups is 3. The molecule has 42 heteroatoms. The monoisotopic (exact) mass is 2100 g/mol. The van der Waals surface area contributed by atoms with Crippen molar-refractivity contribution in [3.63, 3.8) is 0 Å². The number of benzene rings is 3. The molecule has 9 aromatic heterocycles. The third-order valence-corrected chi connectivity index (χ3v) is 28.4. The Morgan fingerprint density at radius 2 is 0.674 bits per heavy atom. The van der Waals surface area contributed by atoms with Crippen LogP contribution < -0.4 is 31.4 Å². The van der Waals surface area contributed by atoms with E-state index < -0.39 is 209 Å². The van der Waals surface area contributed by atoms with Crippen LogP contribution in [0, 0.1) is 89.7 Å². The van der Waals surface area contributed by atoms with E-state index in [-0.39, 0.29) is 162 Å². The first kappa shape index (κ1) is 103. The second-order valence-electron chi connectivity index (χ2n) is 35.9. The third-order valence-electron chi connectivity index (χ3n) is 25.4. The Kier molecular flexibility index (Phi) is 28.6. The highest BCUT2D eigenvalue weighted by molar-refractivity contribution is 6.42. The lowest BCUT2D eigenvalue weighted by molar-refractivity contribution is -0.131. The standard InChI is InChI=1S/C99H83Cl9F6N18O9/c1-17-61(133)127-44(11)32-124(33-45(127)12)89-53-27-59(101)83(65-68(104)92(137)71(107)77(113)74(65)110)122-95(53)131(98(140)56(89)30-116)86-42(9)24-50(119-80(86)39(4)5)19-21-63(135)129-48(15)36-126(37-49(129)16)90-54-28-60(102)84(66-69(105)93(138)72(108)78(114)75(66)111)123-96(54)132(99(141)57(90)31-117)87-43(10)25-51(120-81(87)40(6)7)18-20-62(134)128-46(13)34-125(35-47(128)14)88-52-26-58(100)82(64-67(103)91(136)70(106)76(112)73(64)109)121-94(52)130(97(139)55(88)29-115)85-41(8)22-23-118-79(85)38(2)3/h17-28,38-40,44-49,136-138H,1,32-37H2,2-16H3/b20-18-,21-19-/t44-,45+,46-,47+,48-,49+. The maximum absolute atomic E-state index is 16.6. The van der Waals surface area contributed by atoms with Crippen molar-refractivity contribution >= 4 is 184 Å². The van der Waals surface area contributed by atoms with Gasteiger partial charge in [-0.3, -0.25) is 57.4 Å². The summed E-state index contributed by atoms with van der Waals surface area (Å²) in [4.78, 5) is 129. The molecular weight excluding hydrogens is 2020 g/mol. The number of hydrogen-bond donors (Lipinski definition) is 3. The number of nitrogens with zero attached hydrogens (tertiary/aromatic N) is 18. The molecule has 3 aromatic carbocycles. The van der Waals surface area contributed by atoms with E-state index in [2.05, 4.69) is 29.8 Å². The number of fused-ring (bicyclic) bond motifs is 3. The lowest BCUT2D eigenvalue weighted by Gasteiger charge is -2.45. The molecular formula is C99H83Cl9F6N18O9. The van der Waals surface area contributed by atoms with Crippen molar-refractivity contribution in [3.8, 4) is 86.3 Å². The van der Waals surface area contributed by atoms with Crippen LogP contribution in [0.2, 0.25) is 45.2 Å². The van der Waals surface area contributed by atoms with E-state index in [9.17, 15) is 40.7 Å². The topological polar surface area (TPSA) is 346 Å². The molecule has 27 nitrogen and oxygen atoms in total. The van der Waals surface area contributed by atoms with Crippen LogP contribution in [0.4, 0.5) is 43.4 Å². The van der Waals surface area contributed by atoms with Gasteiger partial charge in [0.05, 0.1) is 127 Å².